The molecule has 8 heteroatoms. The topological polar surface area (TPSA) is 103 Å². The minimum Gasteiger partial charge on any atom is -0.497 e. The fourth-order valence-corrected chi connectivity index (χ4v) is 3.25. The number of aryl methyl sites for hydroxylation is 1. The lowest BCUT2D eigenvalue weighted by atomic mass is 10.0. The molecule has 8 nitrogen and oxygen atoms in total. The SMILES string of the molecule is COc1ccc(N2C(=O)c3c(C)nc4ccc([N+](=O)[O-])cc4c3C2=O)cc1. The molecule has 2 heterocycles. The van der Waals surface area contributed by atoms with Crippen LogP contribution in [0.5, 0.6) is 5.75 Å². The summed E-state index contributed by atoms with van der Waals surface area (Å²) in [4.78, 5) is 42.0. The number of fused-ring (bicyclic) bond motifs is 3. The number of benzene rings is 2. The van der Waals surface area contributed by atoms with Gasteiger partial charge < -0.3 is 4.74 Å². The number of nitro groups is 1. The molecular formula is C19H13N3O5. The van der Waals surface area contributed by atoms with Gasteiger partial charge in [0.2, 0.25) is 0 Å². The lowest BCUT2D eigenvalue weighted by molar-refractivity contribution is -0.384. The van der Waals surface area contributed by atoms with E-state index in [-0.39, 0.29) is 16.8 Å². The second-order valence-corrected chi connectivity index (χ2v) is 6.05. The second-order valence-electron chi connectivity index (χ2n) is 6.05. The maximum absolute atomic E-state index is 13.1. The van der Waals surface area contributed by atoms with Gasteiger partial charge in [-0.2, -0.15) is 0 Å². The average molecular weight is 363 g/mol. The second kappa shape index (κ2) is 5.87. The van der Waals surface area contributed by atoms with E-state index in [9.17, 15) is 19.7 Å². The fraction of sp³-hybridized carbons (Fsp3) is 0.105. The van der Waals surface area contributed by atoms with E-state index in [1.807, 2.05) is 0 Å². The number of nitro benzene ring substituents is 1. The van der Waals surface area contributed by atoms with Crippen LogP contribution < -0.4 is 9.64 Å². The molecule has 4 rings (SSSR count). The Balaban J connectivity index is 1.93. The van der Waals surface area contributed by atoms with Gasteiger partial charge in [0.05, 0.1) is 40.1 Å². The van der Waals surface area contributed by atoms with Crippen LogP contribution in [0.2, 0.25) is 0 Å². The summed E-state index contributed by atoms with van der Waals surface area (Å²) in [5, 5.41) is 11.4. The van der Waals surface area contributed by atoms with Gasteiger partial charge in [0.15, 0.2) is 0 Å². The van der Waals surface area contributed by atoms with E-state index in [0.717, 1.165) is 4.90 Å². The molecule has 0 N–H and O–H groups in total. The molecule has 0 aliphatic carbocycles. The molecule has 1 aliphatic heterocycles. The number of anilines is 1. The van der Waals surface area contributed by atoms with Gasteiger partial charge in [-0.05, 0) is 37.3 Å². The Labute approximate surface area is 153 Å². The number of hydrogen-bond acceptors (Lipinski definition) is 6. The van der Waals surface area contributed by atoms with E-state index >= 15 is 0 Å². The predicted molar refractivity (Wildman–Crippen MR) is 97.3 cm³/mol. The normalized spacial score (nSPS) is 13.2. The number of imide groups is 1. The highest BCUT2D eigenvalue weighted by Crippen LogP contribution is 2.35. The van der Waals surface area contributed by atoms with Crippen LogP contribution in [0.15, 0.2) is 42.5 Å². The van der Waals surface area contributed by atoms with Gasteiger partial charge in [0.1, 0.15) is 5.75 Å². The summed E-state index contributed by atoms with van der Waals surface area (Å²) in [5.74, 6) is -0.441. The molecule has 1 aliphatic rings. The zero-order valence-corrected chi connectivity index (χ0v) is 14.4. The maximum Gasteiger partial charge on any atom is 0.270 e. The minimum absolute atomic E-state index is 0.141. The van der Waals surface area contributed by atoms with Crippen LogP contribution in [-0.4, -0.2) is 28.8 Å². The van der Waals surface area contributed by atoms with Crippen LogP contribution in [0.3, 0.4) is 0 Å². The van der Waals surface area contributed by atoms with E-state index in [4.69, 9.17) is 4.74 Å². The maximum atomic E-state index is 13.1. The van der Waals surface area contributed by atoms with Crippen molar-refractivity contribution >= 4 is 34.1 Å². The van der Waals surface area contributed by atoms with Crippen LogP contribution >= 0.6 is 0 Å². The smallest absolute Gasteiger partial charge is 0.270 e. The molecule has 2 aromatic carbocycles. The van der Waals surface area contributed by atoms with Gasteiger partial charge >= 0.3 is 0 Å². The Bertz CT molecular complexity index is 1140. The van der Waals surface area contributed by atoms with Gasteiger partial charge in [0.25, 0.3) is 17.5 Å². The van der Waals surface area contributed by atoms with Crippen molar-refractivity contribution in [3.63, 3.8) is 0 Å². The first-order chi connectivity index (χ1) is 12.9. The Morgan fingerprint density at radius 2 is 1.70 bits per heavy atom. The zero-order valence-electron chi connectivity index (χ0n) is 14.4. The Morgan fingerprint density at radius 1 is 1.04 bits per heavy atom. The molecule has 0 radical (unpaired) electrons. The largest absolute Gasteiger partial charge is 0.497 e. The highest BCUT2D eigenvalue weighted by molar-refractivity contribution is 6.37. The molecule has 0 bridgehead atoms. The number of carbonyl (C=O) groups is 2. The monoisotopic (exact) mass is 363 g/mol. The van der Waals surface area contributed by atoms with Crippen molar-refractivity contribution in [1.82, 2.24) is 4.98 Å². The van der Waals surface area contributed by atoms with Crippen molar-refractivity contribution in [2.24, 2.45) is 0 Å². The molecule has 1 aromatic heterocycles. The third kappa shape index (κ3) is 2.42. The molecule has 0 spiro atoms. The fourth-order valence-electron chi connectivity index (χ4n) is 3.25. The van der Waals surface area contributed by atoms with E-state index in [2.05, 4.69) is 4.98 Å². The van der Waals surface area contributed by atoms with Crippen molar-refractivity contribution in [3.8, 4) is 5.75 Å². The first-order valence-electron chi connectivity index (χ1n) is 8.04. The third-order valence-corrected chi connectivity index (χ3v) is 4.52. The average Bonchev–Trinajstić information content (AvgIpc) is 2.93. The summed E-state index contributed by atoms with van der Waals surface area (Å²) < 4.78 is 5.10. The van der Waals surface area contributed by atoms with Gasteiger partial charge in [-0.3, -0.25) is 24.7 Å². The number of ether oxygens (including phenoxy) is 1. The molecule has 27 heavy (non-hydrogen) atoms. The van der Waals surface area contributed by atoms with E-state index in [1.165, 1.54) is 25.3 Å². The van der Waals surface area contributed by atoms with Gasteiger partial charge in [0, 0.05) is 17.5 Å². The molecule has 0 unspecified atom stereocenters. The molecule has 0 atom stereocenters. The van der Waals surface area contributed by atoms with Crippen molar-refractivity contribution in [2.45, 2.75) is 6.92 Å². The summed E-state index contributed by atoms with van der Waals surface area (Å²) in [6, 6.07) is 10.6. The number of pyridine rings is 1. The van der Waals surface area contributed by atoms with Crippen molar-refractivity contribution in [2.75, 3.05) is 12.0 Å². The highest BCUT2D eigenvalue weighted by Gasteiger charge is 2.40. The lowest BCUT2D eigenvalue weighted by Crippen LogP contribution is -2.29. The zero-order chi connectivity index (χ0) is 19.3. The van der Waals surface area contributed by atoms with Crippen LogP contribution in [0, 0.1) is 17.0 Å². The summed E-state index contributed by atoms with van der Waals surface area (Å²) in [6.45, 7) is 1.64. The summed E-state index contributed by atoms with van der Waals surface area (Å²) in [5.41, 5.74) is 1.36. The lowest BCUT2D eigenvalue weighted by Gasteiger charge is -2.14. The van der Waals surface area contributed by atoms with Crippen LogP contribution in [0.1, 0.15) is 26.4 Å². The van der Waals surface area contributed by atoms with Gasteiger partial charge in [-0.15, -0.1) is 0 Å². The number of aromatic nitrogens is 1. The van der Waals surface area contributed by atoms with Gasteiger partial charge in [-0.25, -0.2) is 4.90 Å². The molecule has 0 fully saturated rings. The van der Waals surface area contributed by atoms with E-state index in [0.29, 0.717) is 28.0 Å². The summed E-state index contributed by atoms with van der Waals surface area (Å²) in [6.07, 6.45) is 0. The predicted octanol–water partition coefficient (Wildman–Crippen LogP) is 3.26. The standard InChI is InChI=1S/C19H13N3O5/c1-10-16-17(14-9-12(22(25)26)5-8-15(14)20-10)19(24)21(18(16)23)11-3-6-13(27-2)7-4-11/h3-9H,1-2H3. The van der Waals surface area contributed by atoms with Crippen LogP contribution in [0.25, 0.3) is 10.9 Å². The highest BCUT2D eigenvalue weighted by atomic mass is 16.6. The Kier molecular flexibility index (Phi) is 3.62. The van der Waals surface area contributed by atoms with Crippen LogP contribution in [-0.2, 0) is 0 Å². The summed E-state index contributed by atoms with van der Waals surface area (Å²) in [7, 11) is 1.52. The van der Waals surface area contributed by atoms with Crippen molar-refractivity contribution in [3.05, 3.63) is 69.4 Å². The Morgan fingerprint density at radius 3 is 2.33 bits per heavy atom. The van der Waals surface area contributed by atoms with E-state index < -0.39 is 16.7 Å². The number of amides is 2. The van der Waals surface area contributed by atoms with Gasteiger partial charge in [-0.1, -0.05) is 0 Å². The minimum atomic E-state index is -0.547. The molecular weight excluding hydrogens is 350 g/mol. The van der Waals surface area contributed by atoms with Crippen molar-refractivity contribution in [1.29, 1.82) is 0 Å². The number of methoxy groups -OCH3 is 1. The van der Waals surface area contributed by atoms with E-state index in [1.54, 1.807) is 31.2 Å². The number of nitrogens with zero attached hydrogens (tertiary/aromatic N) is 3. The first kappa shape index (κ1) is 16.6. The number of hydrogen-bond donors (Lipinski definition) is 0. The molecule has 0 saturated carbocycles. The number of carbonyl (C=O) groups excluding carboxylic acids is 2. The van der Waals surface area contributed by atoms with Crippen LogP contribution in [0.4, 0.5) is 11.4 Å². The Hall–Kier alpha value is -3.81. The summed E-state index contributed by atoms with van der Waals surface area (Å²) >= 11 is 0. The first-order valence-corrected chi connectivity index (χ1v) is 8.04. The third-order valence-electron chi connectivity index (χ3n) is 4.52. The molecule has 134 valence electrons. The number of non-ortho nitro benzene ring substituents is 1. The molecule has 2 amide bonds. The quantitative estimate of drug-likeness (QED) is 0.402. The molecule has 0 saturated heterocycles. The number of rotatable bonds is 3. The molecule has 3 aromatic rings. The van der Waals surface area contributed by atoms with Crippen molar-refractivity contribution < 1.29 is 19.2 Å².